The van der Waals surface area contributed by atoms with E-state index in [-0.39, 0.29) is 16.4 Å². The zero-order valence-electron chi connectivity index (χ0n) is 16.2. The smallest absolute Gasteiger partial charge is 0.261 e. The fourth-order valence-electron chi connectivity index (χ4n) is 2.66. The molecule has 9 heteroatoms. The van der Waals surface area contributed by atoms with Crippen LogP contribution in [-0.2, 0) is 10.0 Å². The highest BCUT2D eigenvalue weighted by atomic mass is 79.9. The predicted octanol–water partition coefficient (Wildman–Crippen LogP) is 3.80. The van der Waals surface area contributed by atoms with E-state index >= 15 is 0 Å². The third kappa shape index (κ3) is 5.80. The average molecular weight is 489 g/mol. The summed E-state index contributed by atoms with van der Waals surface area (Å²) in [4.78, 5) is 16.6. The van der Waals surface area contributed by atoms with Crippen molar-refractivity contribution in [1.82, 2.24) is 10.3 Å². The normalized spacial score (nSPS) is 11.0. The maximum absolute atomic E-state index is 12.8. The number of rotatable bonds is 8. The lowest BCUT2D eigenvalue weighted by Crippen LogP contribution is -2.29. The molecule has 0 aliphatic heterocycles. The van der Waals surface area contributed by atoms with Gasteiger partial charge in [-0.25, -0.2) is 13.4 Å². The average Bonchev–Trinajstić information content (AvgIpc) is 2.74. The van der Waals surface area contributed by atoms with Crippen LogP contribution >= 0.6 is 15.9 Å². The zero-order chi connectivity index (χ0) is 21.6. The first-order valence-corrected chi connectivity index (χ1v) is 11.4. The summed E-state index contributed by atoms with van der Waals surface area (Å²) in [5.74, 6) is 0.361. The molecule has 0 spiro atoms. The van der Waals surface area contributed by atoms with E-state index in [2.05, 4.69) is 36.3 Å². The van der Waals surface area contributed by atoms with Gasteiger partial charge in [0.2, 0.25) is 0 Å². The number of carbonyl (C=O) groups is 1. The van der Waals surface area contributed by atoms with Gasteiger partial charge in [0.1, 0.15) is 5.82 Å². The molecule has 0 saturated carbocycles. The molecule has 3 rings (SSSR count). The number of carbonyl (C=O) groups excluding carboxylic acids is 1. The van der Waals surface area contributed by atoms with Crippen LogP contribution < -0.4 is 15.4 Å². The highest BCUT2D eigenvalue weighted by molar-refractivity contribution is 9.10. The number of benzene rings is 2. The van der Waals surface area contributed by atoms with Gasteiger partial charge in [-0.15, -0.1) is 0 Å². The Labute approximate surface area is 184 Å². The van der Waals surface area contributed by atoms with Gasteiger partial charge >= 0.3 is 0 Å². The Morgan fingerprint density at radius 1 is 1.03 bits per heavy atom. The number of amides is 1. The molecule has 1 heterocycles. The van der Waals surface area contributed by atoms with E-state index in [1.165, 1.54) is 12.1 Å². The van der Waals surface area contributed by atoms with Crippen molar-refractivity contribution in [3.8, 4) is 0 Å². The van der Waals surface area contributed by atoms with E-state index in [4.69, 9.17) is 0 Å². The number of nitrogens with zero attached hydrogens (tertiary/aromatic N) is 1. The van der Waals surface area contributed by atoms with Crippen LogP contribution in [0.1, 0.15) is 15.9 Å². The number of aromatic nitrogens is 1. The Morgan fingerprint density at radius 3 is 2.63 bits per heavy atom. The lowest BCUT2D eigenvalue weighted by Gasteiger charge is -2.12. The number of halogens is 1. The molecule has 1 amide bonds. The Morgan fingerprint density at radius 2 is 1.87 bits per heavy atom. The predicted molar refractivity (Wildman–Crippen MR) is 121 cm³/mol. The number of sulfonamides is 1. The van der Waals surface area contributed by atoms with Gasteiger partial charge in [0.15, 0.2) is 0 Å². The summed E-state index contributed by atoms with van der Waals surface area (Å²) in [5, 5.41) is 5.85. The minimum Gasteiger partial charge on any atom is -0.368 e. The maximum atomic E-state index is 12.8. The van der Waals surface area contributed by atoms with Crippen molar-refractivity contribution in [1.29, 1.82) is 0 Å². The molecule has 3 aromatic rings. The lowest BCUT2D eigenvalue weighted by molar-refractivity contribution is 0.0955. The van der Waals surface area contributed by atoms with Crippen LogP contribution in [0, 0.1) is 6.92 Å². The summed E-state index contributed by atoms with van der Waals surface area (Å²) in [7, 11) is -3.85. The summed E-state index contributed by atoms with van der Waals surface area (Å²) in [5.41, 5.74) is 1.62. The van der Waals surface area contributed by atoms with Crippen LogP contribution in [0.25, 0.3) is 0 Å². The van der Waals surface area contributed by atoms with Gasteiger partial charge in [0.25, 0.3) is 15.9 Å². The molecule has 30 heavy (non-hydrogen) atoms. The zero-order valence-corrected chi connectivity index (χ0v) is 18.6. The van der Waals surface area contributed by atoms with Crippen molar-refractivity contribution in [2.45, 2.75) is 11.8 Å². The number of hydrogen-bond donors (Lipinski definition) is 3. The molecular weight excluding hydrogens is 468 g/mol. The SMILES string of the molecule is Cc1ccc(Br)c(NS(=O)(=O)c2cccc(C(=O)NCCNc3ccccn3)c2)c1. The van der Waals surface area contributed by atoms with Crippen molar-refractivity contribution in [2.75, 3.05) is 23.1 Å². The molecular formula is C21H21BrN4O3S. The van der Waals surface area contributed by atoms with Crippen LogP contribution in [0.3, 0.4) is 0 Å². The topological polar surface area (TPSA) is 100 Å². The quantitative estimate of drug-likeness (QED) is 0.418. The first-order chi connectivity index (χ1) is 14.3. The van der Waals surface area contributed by atoms with Gasteiger partial charge in [-0.2, -0.15) is 0 Å². The number of anilines is 2. The third-order valence-electron chi connectivity index (χ3n) is 4.15. The Hall–Kier alpha value is -2.91. The van der Waals surface area contributed by atoms with E-state index in [9.17, 15) is 13.2 Å². The lowest BCUT2D eigenvalue weighted by atomic mass is 10.2. The van der Waals surface area contributed by atoms with E-state index < -0.39 is 10.0 Å². The molecule has 0 bridgehead atoms. The highest BCUT2D eigenvalue weighted by Crippen LogP contribution is 2.26. The summed E-state index contributed by atoms with van der Waals surface area (Å²) < 4.78 is 28.7. The molecule has 0 radical (unpaired) electrons. The highest BCUT2D eigenvalue weighted by Gasteiger charge is 2.17. The monoisotopic (exact) mass is 488 g/mol. The number of hydrogen-bond acceptors (Lipinski definition) is 5. The molecule has 156 valence electrons. The molecule has 1 aromatic heterocycles. The Bertz CT molecular complexity index is 1140. The van der Waals surface area contributed by atoms with E-state index in [0.29, 0.717) is 29.1 Å². The van der Waals surface area contributed by atoms with Gasteiger partial charge in [-0.1, -0.05) is 18.2 Å². The first-order valence-electron chi connectivity index (χ1n) is 9.17. The summed E-state index contributed by atoms with van der Waals surface area (Å²) in [6.07, 6.45) is 1.68. The molecule has 0 fully saturated rings. The standard InChI is InChI=1S/C21H21BrN4O3S/c1-15-8-9-18(22)19(13-15)26-30(28,29)17-6-4-5-16(14-17)21(27)25-12-11-24-20-7-2-3-10-23-20/h2-10,13-14,26H,11-12H2,1H3,(H,23,24)(H,25,27). The molecule has 0 aliphatic carbocycles. The Kier molecular flexibility index (Phi) is 7.07. The molecule has 0 aliphatic rings. The van der Waals surface area contributed by atoms with Crippen LogP contribution in [0.5, 0.6) is 0 Å². The Balaban J connectivity index is 1.64. The molecule has 3 N–H and O–H groups in total. The van der Waals surface area contributed by atoms with Crippen molar-refractivity contribution < 1.29 is 13.2 Å². The molecule has 0 saturated heterocycles. The first kappa shape index (κ1) is 21.8. The fourth-order valence-corrected chi connectivity index (χ4v) is 4.25. The van der Waals surface area contributed by atoms with Crippen LogP contribution in [0.4, 0.5) is 11.5 Å². The number of pyridine rings is 1. The molecule has 0 unspecified atom stereocenters. The largest absolute Gasteiger partial charge is 0.368 e. The van der Waals surface area contributed by atoms with Gasteiger partial charge in [-0.3, -0.25) is 9.52 Å². The second-order valence-electron chi connectivity index (χ2n) is 6.51. The minimum absolute atomic E-state index is 0.00941. The molecule has 0 atom stereocenters. The summed E-state index contributed by atoms with van der Waals surface area (Å²) in [6.45, 7) is 2.72. The number of nitrogens with one attached hydrogen (secondary N) is 3. The fraction of sp³-hybridized carbons (Fsp3) is 0.143. The van der Waals surface area contributed by atoms with Crippen molar-refractivity contribution in [3.05, 3.63) is 82.5 Å². The van der Waals surface area contributed by atoms with E-state index in [0.717, 1.165) is 5.56 Å². The second kappa shape index (κ2) is 9.73. The van der Waals surface area contributed by atoms with Crippen molar-refractivity contribution >= 4 is 43.4 Å². The summed E-state index contributed by atoms with van der Waals surface area (Å²) in [6, 6.07) is 16.8. The number of aryl methyl sites for hydroxylation is 1. The second-order valence-corrected chi connectivity index (χ2v) is 9.05. The van der Waals surface area contributed by atoms with Gasteiger partial charge < -0.3 is 10.6 Å². The van der Waals surface area contributed by atoms with E-state index in [1.807, 2.05) is 31.2 Å². The third-order valence-corrected chi connectivity index (χ3v) is 6.21. The van der Waals surface area contributed by atoms with Crippen LogP contribution in [0.2, 0.25) is 0 Å². The van der Waals surface area contributed by atoms with Gasteiger partial charge in [0.05, 0.1) is 10.6 Å². The van der Waals surface area contributed by atoms with Crippen molar-refractivity contribution in [2.24, 2.45) is 0 Å². The van der Waals surface area contributed by atoms with Crippen molar-refractivity contribution in [3.63, 3.8) is 0 Å². The van der Waals surface area contributed by atoms with Gasteiger partial charge in [-0.05, 0) is 70.9 Å². The van der Waals surface area contributed by atoms with Crippen LogP contribution in [0.15, 0.2) is 76.2 Å². The minimum atomic E-state index is -3.85. The molecule has 2 aromatic carbocycles. The molecule has 7 nitrogen and oxygen atoms in total. The van der Waals surface area contributed by atoms with Gasteiger partial charge in [0, 0.05) is 29.3 Å². The maximum Gasteiger partial charge on any atom is 0.261 e. The summed E-state index contributed by atoms with van der Waals surface area (Å²) >= 11 is 3.34. The van der Waals surface area contributed by atoms with E-state index in [1.54, 1.807) is 30.5 Å². The van der Waals surface area contributed by atoms with Crippen LogP contribution in [-0.4, -0.2) is 32.4 Å².